The van der Waals surface area contributed by atoms with E-state index in [2.05, 4.69) is 34.1 Å². The summed E-state index contributed by atoms with van der Waals surface area (Å²) in [6.07, 6.45) is 0. The zero-order chi connectivity index (χ0) is 14.3. The number of carbonyl (C=O) groups excluding carboxylic acids is 1. The number of nitrogens with one attached hydrogen (secondary N) is 1. The highest BCUT2D eigenvalue weighted by molar-refractivity contribution is 9.07. The lowest BCUT2D eigenvalue weighted by Gasteiger charge is -2.23. The summed E-state index contributed by atoms with van der Waals surface area (Å²) >= 11 is 7.45. The number of nitrogens with zero attached hydrogens (tertiary/aromatic N) is 1. The Morgan fingerprint density at radius 2 is 2.00 bits per heavy atom. The molecule has 7 heteroatoms. The van der Waals surface area contributed by atoms with Crippen LogP contribution in [0.1, 0.15) is 5.56 Å². The first-order valence-electron chi connectivity index (χ1n) is 5.61. The number of hydrogen-bond acceptors (Lipinski definition) is 4. The summed E-state index contributed by atoms with van der Waals surface area (Å²) in [5.41, 5.74) is 1.04. The number of halogens is 1. The minimum Gasteiger partial charge on any atom is -0.480 e. The molecule has 0 aliphatic heterocycles. The number of carbonyl (C=O) groups is 2. The van der Waals surface area contributed by atoms with Crippen LogP contribution in [0.2, 0.25) is 0 Å². The zero-order valence-electron chi connectivity index (χ0n) is 10.1. The number of carboxylic acids is 1. The Labute approximate surface area is 125 Å². The number of amides is 1. The number of aliphatic carboxylic acids is 1. The minimum atomic E-state index is -1.07. The lowest BCUT2D eigenvalue weighted by atomic mass is 10.2. The largest absolute Gasteiger partial charge is 0.480 e. The maximum absolute atomic E-state index is 11.8. The van der Waals surface area contributed by atoms with Gasteiger partial charge in [-0.1, -0.05) is 30.3 Å². The second-order valence-electron chi connectivity index (χ2n) is 3.85. The normalized spacial score (nSPS) is 12.2. The van der Waals surface area contributed by atoms with E-state index in [0.29, 0.717) is 6.54 Å². The Hall–Kier alpha value is -1.05. The van der Waals surface area contributed by atoms with Crippen LogP contribution in [0.15, 0.2) is 30.3 Å². The van der Waals surface area contributed by atoms with Gasteiger partial charge in [-0.2, -0.15) is 12.6 Å². The van der Waals surface area contributed by atoms with Gasteiger partial charge in [0.15, 0.2) is 0 Å². The van der Waals surface area contributed by atoms with Crippen LogP contribution in [0.25, 0.3) is 0 Å². The average Bonchev–Trinajstić information content (AvgIpc) is 2.38. The summed E-state index contributed by atoms with van der Waals surface area (Å²) in [6, 6.07) is 9.09. The van der Waals surface area contributed by atoms with Crippen molar-refractivity contribution >= 4 is 40.7 Å². The SMILES string of the molecule is O=C(O)CNC(=O)C(CS)N(Br)Cc1ccccc1. The Morgan fingerprint density at radius 3 is 2.53 bits per heavy atom. The van der Waals surface area contributed by atoms with E-state index in [9.17, 15) is 9.59 Å². The summed E-state index contributed by atoms with van der Waals surface area (Å²) in [6.45, 7) is 0.127. The molecule has 0 aromatic heterocycles. The van der Waals surface area contributed by atoms with Crippen molar-refractivity contribution in [3.63, 3.8) is 0 Å². The summed E-state index contributed by atoms with van der Waals surface area (Å²) in [5, 5.41) is 10.9. The van der Waals surface area contributed by atoms with E-state index in [1.807, 2.05) is 30.3 Å². The van der Waals surface area contributed by atoms with Crippen LogP contribution in [0.5, 0.6) is 0 Å². The standard InChI is InChI=1S/C12H15BrN2O3S/c13-15(7-9-4-2-1-3-5-9)10(8-19)12(18)14-6-11(16)17/h1-5,10,19H,6-8H2,(H,14,18)(H,16,17). The zero-order valence-corrected chi connectivity index (χ0v) is 12.6. The van der Waals surface area contributed by atoms with Crippen LogP contribution < -0.4 is 5.32 Å². The molecule has 0 saturated carbocycles. The molecule has 1 amide bonds. The molecule has 1 aromatic rings. The molecular formula is C12H15BrN2O3S. The van der Waals surface area contributed by atoms with Crippen LogP contribution in [0.4, 0.5) is 0 Å². The molecule has 2 N–H and O–H groups in total. The predicted molar refractivity (Wildman–Crippen MR) is 79.2 cm³/mol. The van der Waals surface area contributed by atoms with Gasteiger partial charge in [-0.3, -0.25) is 9.59 Å². The van der Waals surface area contributed by atoms with Crippen molar-refractivity contribution in [2.24, 2.45) is 0 Å². The lowest BCUT2D eigenvalue weighted by Crippen LogP contribution is -2.45. The molecule has 5 nitrogen and oxygen atoms in total. The van der Waals surface area contributed by atoms with Gasteiger partial charge < -0.3 is 10.4 Å². The fraction of sp³-hybridized carbons (Fsp3) is 0.333. The fourth-order valence-corrected chi connectivity index (χ4v) is 2.65. The molecule has 0 bridgehead atoms. The maximum atomic E-state index is 11.8. The maximum Gasteiger partial charge on any atom is 0.322 e. The van der Waals surface area contributed by atoms with E-state index < -0.39 is 18.6 Å². The molecule has 0 aliphatic carbocycles. The molecule has 0 fully saturated rings. The third-order valence-corrected chi connectivity index (χ3v) is 3.50. The molecule has 19 heavy (non-hydrogen) atoms. The molecule has 0 radical (unpaired) electrons. The lowest BCUT2D eigenvalue weighted by molar-refractivity contribution is -0.138. The number of rotatable bonds is 7. The second kappa shape index (κ2) is 8.19. The van der Waals surface area contributed by atoms with Crippen LogP contribution in [0.3, 0.4) is 0 Å². The Bertz CT molecular complexity index is 430. The van der Waals surface area contributed by atoms with Crippen molar-refractivity contribution in [3.05, 3.63) is 35.9 Å². The first kappa shape index (κ1) is 16.0. The van der Waals surface area contributed by atoms with Gasteiger partial charge in [-0.25, -0.2) is 3.93 Å². The van der Waals surface area contributed by atoms with Gasteiger partial charge in [-0.05, 0) is 5.56 Å². The molecule has 1 rings (SSSR count). The highest BCUT2D eigenvalue weighted by Crippen LogP contribution is 2.14. The first-order valence-corrected chi connectivity index (χ1v) is 6.95. The topological polar surface area (TPSA) is 69.6 Å². The number of benzene rings is 1. The van der Waals surface area contributed by atoms with Gasteiger partial charge in [0.1, 0.15) is 12.6 Å². The Kier molecular flexibility index (Phi) is 6.90. The van der Waals surface area contributed by atoms with Crippen molar-refractivity contribution < 1.29 is 14.7 Å². The fourth-order valence-electron chi connectivity index (χ4n) is 1.45. The van der Waals surface area contributed by atoms with Gasteiger partial charge in [0.05, 0.1) is 0 Å². The van der Waals surface area contributed by atoms with E-state index in [-0.39, 0.29) is 11.7 Å². The molecule has 0 saturated heterocycles. The highest BCUT2D eigenvalue weighted by atomic mass is 79.9. The molecule has 1 aromatic carbocycles. The van der Waals surface area contributed by atoms with Crippen LogP contribution >= 0.6 is 28.8 Å². The molecular weight excluding hydrogens is 332 g/mol. The van der Waals surface area contributed by atoms with Crippen LogP contribution in [0, 0.1) is 0 Å². The van der Waals surface area contributed by atoms with E-state index in [1.165, 1.54) is 0 Å². The average molecular weight is 347 g/mol. The number of hydrogen-bond donors (Lipinski definition) is 3. The number of carboxylic acid groups (broad SMARTS) is 1. The van der Waals surface area contributed by atoms with Gasteiger partial charge in [-0.15, -0.1) is 0 Å². The third-order valence-electron chi connectivity index (χ3n) is 2.40. The van der Waals surface area contributed by atoms with Crippen molar-refractivity contribution in [1.82, 2.24) is 9.24 Å². The van der Waals surface area contributed by atoms with Gasteiger partial charge >= 0.3 is 5.97 Å². The summed E-state index contributed by atoms with van der Waals surface area (Å²) in [5.74, 6) is -1.16. The molecule has 0 aliphatic rings. The monoisotopic (exact) mass is 346 g/mol. The minimum absolute atomic E-state index is 0.281. The first-order chi connectivity index (χ1) is 9.04. The number of thiol groups is 1. The second-order valence-corrected chi connectivity index (χ2v) is 5.13. The molecule has 1 unspecified atom stereocenters. The predicted octanol–water partition coefficient (Wildman–Crippen LogP) is 1.30. The van der Waals surface area contributed by atoms with Crippen molar-refractivity contribution in [3.8, 4) is 0 Å². The summed E-state index contributed by atoms with van der Waals surface area (Å²) in [7, 11) is 0. The van der Waals surface area contributed by atoms with Crippen LogP contribution in [-0.4, -0.2) is 39.2 Å². The van der Waals surface area contributed by atoms with E-state index in [4.69, 9.17) is 5.11 Å². The third kappa shape index (κ3) is 5.63. The van der Waals surface area contributed by atoms with Gasteiger partial charge in [0.25, 0.3) is 0 Å². The van der Waals surface area contributed by atoms with E-state index >= 15 is 0 Å². The Morgan fingerprint density at radius 1 is 1.37 bits per heavy atom. The molecule has 1 atom stereocenters. The van der Waals surface area contributed by atoms with Crippen molar-refractivity contribution in [2.45, 2.75) is 12.6 Å². The van der Waals surface area contributed by atoms with E-state index in [0.717, 1.165) is 5.56 Å². The summed E-state index contributed by atoms with van der Waals surface area (Å²) < 4.78 is 1.66. The highest BCUT2D eigenvalue weighted by Gasteiger charge is 2.23. The van der Waals surface area contributed by atoms with Gasteiger partial charge in [0, 0.05) is 28.4 Å². The van der Waals surface area contributed by atoms with E-state index in [1.54, 1.807) is 3.93 Å². The van der Waals surface area contributed by atoms with Crippen molar-refractivity contribution in [2.75, 3.05) is 12.3 Å². The Balaban J connectivity index is 2.58. The molecule has 104 valence electrons. The molecule has 0 heterocycles. The van der Waals surface area contributed by atoms with Crippen LogP contribution in [-0.2, 0) is 16.1 Å². The molecule has 0 spiro atoms. The van der Waals surface area contributed by atoms with Crippen molar-refractivity contribution in [1.29, 1.82) is 0 Å². The van der Waals surface area contributed by atoms with Gasteiger partial charge in [0.2, 0.25) is 5.91 Å². The smallest absolute Gasteiger partial charge is 0.322 e. The quantitative estimate of drug-likeness (QED) is 0.514. The summed E-state index contributed by atoms with van der Waals surface area (Å²) in [4.78, 5) is 22.2.